The molecule has 2 aliphatic heterocycles. The highest BCUT2D eigenvalue weighted by Gasteiger charge is 2.22. The number of benzene rings is 1. The first-order valence-corrected chi connectivity index (χ1v) is 9.17. The third kappa shape index (κ3) is 2.97. The molecule has 0 aliphatic carbocycles. The van der Waals surface area contributed by atoms with E-state index >= 15 is 0 Å². The summed E-state index contributed by atoms with van der Waals surface area (Å²) in [6.07, 6.45) is 4.92. The summed E-state index contributed by atoms with van der Waals surface area (Å²) in [4.78, 5) is 14.3. The van der Waals surface area contributed by atoms with Gasteiger partial charge in [-0.3, -0.25) is 0 Å². The molecule has 4 heteroatoms. The molecule has 0 amide bonds. The highest BCUT2D eigenvalue weighted by Crippen LogP contribution is 2.34. The van der Waals surface area contributed by atoms with Crippen LogP contribution in [0.5, 0.6) is 0 Å². The quantitative estimate of drug-likeness (QED) is 0.833. The molecule has 24 heavy (non-hydrogen) atoms. The minimum absolute atomic E-state index is 0.744. The fourth-order valence-electron chi connectivity index (χ4n) is 4.01. The SMILES string of the molecule is Cc1nc(N2CCCC(C)C2)cc(N2CCCc3ccccc32)n1. The second-order valence-corrected chi connectivity index (χ2v) is 7.21. The fourth-order valence-corrected chi connectivity index (χ4v) is 4.01. The number of aromatic nitrogens is 2. The molecule has 0 N–H and O–H groups in total. The van der Waals surface area contributed by atoms with Crippen molar-refractivity contribution in [3.8, 4) is 0 Å². The van der Waals surface area contributed by atoms with Crippen LogP contribution in [0.3, 0.4) is 0 Å². The number of para-hydroxylation sites is 1. The minimum Gasteiger partial charge on any atom is -0.356 e. The van der Waals surface area contributed by atoms with Crippen molar-refractivity contribution < 1.29 is 0 Å². The summed E-state index contributed by atoms with van der Waals surface area (Å²) in [6.45, 7) is 7.59. The van der Waals surface area contributed by atoms with Crippen LogP contribution in [0.4, 0.5) is 17.3 Å². The largest absolute Gasteiger partial charge is 0.356 e. The van der Waals surface area contributed by atoms with Gasteiger partial charge in [0.05, 0.1) is 0 Å². The monoisotopic (exact) mass is 322 g/mol. The Kier molecular flexibility index (Phi) is 4.13. The number of rotatable bonds is 2. The van der Waals surface area contributed by atoms with E-state index in [0.29, 0.717) is 0 Å². The number of nitrogens with zero attached hydrogens (tertiary/aromatic N) is 4. The van der Waals surface area contributed by atoms with E-state index in [1.54, 1.807) is 0 Å². The fraction of sp³-hybridized carbons (Fsp3) is 0.500. The molecule has 1 saturated heterocycles. The predicted octanol–water partition coefficient (Wildman–Crippen LogP) is 4.11. The van der Waals surface area contributed by atoms with Crippen molar-refractivity contribution in [2.24, 2.45) is 5.92 Å². The Morgan fingerprint density at radius 3 is 2.75 bits per heavy atom. The molecule has 0 spiro atoms. The number of hydrogen-bond acceptors (Lipinski definition) is 4. The maximum absolute atomic E-state index is 4.76. The molecular weight excluding hydrogens is 296 g/mol. The number of anilines is 3. The van der Waals surface area contributed by atoms with E-state index in [4.69, 9.17) is 9.97 Å². The van der Waals surface area contributed by atoms with Crippen molar-refractivity contribution in [1.82, 2.24) is 9.97 Å². The van der Waals surface area contributed by atoms with Crippen LogP contribution in [0.25, 0.3) is 0 Å². The van der Waals surface area contributed by atoms with Gasteiger partial charge in [0.25, 0.3) is 0 Å². The van der Waals surface area contributed by atoms with Gasteiger partial charge in [-0.1, -0.05) is 25.1 Å². The molecule has 0 bridgehead atoms. The Bertz CT molecular complexity index is 727. The standard InChI is InChI=1S/C20H26N4/c1-15-7-5-11-23(14-15)19-13-20(22-16(2)21-19)24-12-6-9-17-8-3-4-10-18(17)24/h3-4,8,10,13,15H,5-7,9,11-12,14H2,1-2H3. The lowest BCUT2D eigenvalue weighted by molar-refractivity contribution is 0.444. The van der Waals surface area contributed by atoms with E-state index in [0.717, 1.165) is 49.4 Å². The first kappa shape index (κ1) is 15.4. The Morgan fingerprint density at radius 2 is 1.88 bits per heavy atom. The zero-order valence-corrected chi connectivity index (χ0v) is 14.7. The maximum atomic E-state index is 4.76. The van der Waals surface area contributed by atoms with Gasteiger partial charge in [-0.2, -0.15) is 0 Å². The van der Waals surface area contributed by atoms with Gasteiger partial charge in [0.2, 0.25) is 0 Å². The van der Waals surface area contributed by atoms with Crippen LogP contribution in [-0.4, -0.2) is 29.6 Å². The number of aryl methyl sites for hydroxylation is 2. The highest BCUT2D eigenvalue weighted by molar-refractivity contribution is 5.67. The van der Waals surface area contributed by atoms with Gasteiger partial charge in [-0.15, -0.1) is 0 Å². The van der Waals surface area contributed by atoms with Crippen LogP contribution in [0.15, 0.2) is 30.3 Å². The van der Waals surface area contributed by atoms with Crippen molar-refractivity contribution >= 4 is 17.3 Å². The second kappa shape index (κ2) is 6.42. The highest BCUT2D eigenvalue weighted by atomic mass is 15.2. The first-order chi connectivity index (χ1) is 11.7. The van der Waals surface area contributed by atoms with Crippen LogP contribution in [0.2, 0.25) is 0 Å². The molecule has 2 aliphatic rings. The molecule has 1 fully saturated rings. The van der Waals surface area contributed by atoms with Crippen molar-refractivity contribution in [2.45, 2.75) is 39.5 Å². The van der Waals surface area contributed by atoms with Gasteiger partial charge in [0.1, 0.15) is 17.5 Å². The minimum atomic E-state index is 0.744. The topological polar surface area (TPSA) is 32.3 Å². The Labute approximate surface area is 144 Å². The zero-order chi connectivity index (χ0) is 16.5. The summed E-state index contributed by atoms with van der Waals surface area (Å²) in [7, 11) is 0. The average Bonchev–Trinajstić information content (AvgIpc) is 2.61. The summed E-state index contributed by atoms with van der Waals surface area (Å²) >= 11 is 0. The van der Waals surface area contributed by atoms with Gasteiger partial charge in [-0.05, 0) is 50.2 Å². The van der Waals surface area contributed by atoms with Gasteiger partial charge in [0.15, 0.2) is 0 Å². The maximum Gasteiger partial charge on any atom is 0.138 e. The molecule has 4 nitrogen and oxygen atoms in total. The van der Waals surface area contributed by atoms with Gasteiger partial charge < -0.3 is 9.80 Å². The summed E-state index contributed by atoms with van der Waals surface area (Å²) in [6, 6.07) is 10.9. The molecule has 2 aromatic rings. The lowest BCUT2D eigenvalue weighted by Gasteiger charge is -2.34. The molecule has 1 atom stereocenters. The van der Waals surface area contributed by atoms with Crippen molar-refractivity contribution in [1.29, 1.82) is 0 Å². The predicted molar refractivity (Wildman–Crippen MR) is 99.1 cm³/mol. The van der Waals surface area contributed by atoms with Crippen LogP contribution in [-0.2, 0) is 6.42 Å². The van der Waals surface area contributed by atoms with E-state index < -0.39 is 0 Å². The van der Waals surface area contributed by atoms with E-state index in [1.807, 2.05) is 6.92 Å². The van der Waals surface area contributed by atoms with E-state index in [2.05, 4.69) is 47.1 Å². The van der Waals surface area contributed by atoms with Gasteiger partial charge in [0, 0.05) is 31.4 Å². The normalized spacial score (nSPS) is 20.8. The molecule has 4 rings (SSSR count). The number of piperidine rings is 1. The van der Waals surface area contributed by atoms with Gasteiger partial charge >= 0.3 is 0 Å². The molecular formula is C20H26N4. The third-order valence-electron chi connectivity index (χ3n) is 5.18. The van der Waals surface area contributed by atoms with E-state index in [1.165, 1.54) is 30.5 Å². The molecule has 3 heterocycles. The summed E-state index contributed by atoms with van der Waals surface area (Å²) in [5.41, 5.74) is 2.73. The molecule has 0 saturated carbocycles. The van der Waals surface area contributed by atoms with Crippen LogP contribution in [0.1, 0.15) is 37.6 Å². The lowest BCUT2D eigenvalue weighted by Crippen LogP contribution is -2.35. The average molecular weight is 322 g/mol. The second-order valence-electron chi connectivity index (χ2n) is 7.21. The lowest BCUT2D eigenvalue weighted by atomic mass is 10.0. The van der Waals surface area contributed by atoms with E-state index in [9.17, 15) is 0 Å². The smallest absolute Gasteiger partial charge is 0.138 e. The molecule has 0 radical (unpaired) electrons. The number of fused-ring (bicyclic) bond motifs is 1. The summed E-state index contributed by atoms with van der Waals surface area (Å²) < 4.78 is 0. The first-order valence-electron chi connectivity index (χ1n) is 9.17. The van der Waals surface area contributed by atoms with E-state index in [-0.39, 0.29) is 0 Å². The Morgan fingerprint density at radius 1 is 1.04 bits per heavy atom. The summed E-state index contributed by atoms with van der Waals surface area (Å²) in [5, 5.41) is 0. The van der Waals surface area contributed by atoms with Crippen molar-refractivity contribution in [3.63, 3.8) is 0 Å². The Hall–Kier alpha value is -2.10. The van der Waals surface area contributed by atoms with Crippen molar-refractivity contribution in [3.05, 3.63) is 41.7 Å². The molecule has 1 unspecified atom stereocenters. The van der Waals surface area contributed by atoms with Crippen LogP contribution in [0, 0.1) is 12.8 Å². The van der Waals surface area contributed by atoms with Crippen LogP contribution >= 0.6 is 0 Å². The summed E-state index contributed by atoms with van der Waals surface area (Å²) in [5.74, 6) is 3.74. The molecule has 1 aromatic carbocycles. The number of hydrogen-bond donors (Lipinski definition) is 0. The zero-order valence-electron chi connectivity index (χ0n) is 14.7. The van der Waals surface area contributed by atoms with Crippen molar-refractivity contribution in [2.75, 3.05) is 29.4 Å². The van der Waals surface area contributed by atoms with Crippen LogP contribution < -0.4 is 9.80 Å². The molecule has 126 valence electrons. The Balaban J connectivity index is 1.69. The third-order valence-corrected chi connectivity index (χ3v) is 5.18. The molecule has 1 aromatic heterocycles. The van der Waals surface area contributed by atoms with Gasteiger partial charge in [-0.25, -0.2) is 9.97 Å².